The van der Waals surface area contributed by atoms with E-state index in [0.717, 1.165) is 11.1 Å². The van der Waals surface area contributed by atoms with Crippen LogP contribution in [-0.2, 0) is 0 Å². The van der Waals surface area contributed by atoms with Crippen molar-refractivity contribution in [2.75, 3.05) is 25.6 Å². The second-order valence-electron chi connectivity index (χ2n) is 5.13. The molecule has 130 valence electrons. The van der Waals surface area contributed by atoms with Gasteiger partial charge in [0.15, 0.2) is 0 Å². The summed E-state index contributed by atoms with van der Waals surface area (Å²) in [6, 6.07) is 11.0. The zero-order chi connectivity index (χ0) is 17.8. The number of fused-ring (bicyclic) bond motifs is 1. The molecule has 0 aliphatic rings. The van der Waals surface area contributed by atoms with Crippen LogP contribution in [0.3, 0.4) is 0 Å². The van der Waals surface area contributed by atoms with E-state index in [1.807, 2.05) is 24.3 Å². The first kappa shape index (κ1) is 17.5. The number of benzene rings is 2. The molecule has 6 nitrogen and oxygen atoms in total. The Morgan fingerprint density at radius 1 is 1.08 bits per heavy atom. The number of halogens is 2. The molecule has 8 heteroatoms. The zero-order valence-electron chi connectivity index (χ0n) is 13.4. The lowest BCUT2D eigenvalue weighted by molar-refractivity contribution is 0.304. The number of hydrogen-bond acceptors (Lipinski definition) is 6. The lowest BCUT2D eigenvalue weighted by Gasteiger charge is -2.12. The third-order valence-corrected chi connectivity index (χ3v) is 4.15. The predicted molar refractivity (Wildman–Crippen MR) is 100 cm³/mol. The number of nitrogens with zero attached hydrogens (tertiary/aromatic N) is 2. The average Bonchev–Trinajstić information content (AvgIpc) is 2.62. The third-order valence-electron chi connectivity index (χ3n) is 3.41. The lowest BCUT2D eigenvalue weighted by atomic mass is 10.2. The quantitative estimate of drug-likeness (QED) is 0.673. The normalized spacial score (nSPS) is 10.7. The Balaban J connectivity index is 2.06. The molecule has 0 atom stereocenters. The maximum Gasteiger partial charge on any atom is 0.318 e. The largest absolute Gasteiger partial charge is 0.497 e. The van der Waals surface area contributed by atoms with Gasteiger partial charge in [-0.15, -0.1) is 0 Å². The molecule has 1 heterocycles. The van der Waals surface area contributed by atoms with Crippen molar-refractivity contribution in [1.82, 2.24) is 9.97 Å². The summed E-state index contributed by atoms with van der Waals surface area (Å²) < 4.78 is 10.8. The van der Waals surface area contributed by atoms with Gasteiger partial charge in [0.2, 0.25) is 0 Å². The number of nitrogens with one attached hydrogen (secondary N) is 1. The van der Waals surface area contributed by atoms with Gasteiger partial charge in [0.1, 0.15) is 18.2 Å². The molecule has 2 aromatic carbocycles. The van der Waals surface area contributed by atoms with Crippen LogP contribution in [0.15, 0.2) is 36.4 Å². The van der Waals surface area contributed by atoms with Gasteiger partial charge < -0.3 is 20.5 Å². The van der Waals surface area contributed by atoms with Crippen LogP contribution in [-0.4, -0.2) is 30.2 Å². The monoisotopic (exact) mass is 378 g/mol. The van der Waals surface area contributed by atoms with Gasteiger partial charge in [0.05, 0.1) is 22.7 Å². The fraction of sp³-hybridized carbons (Fsp3) is 0.176. The smallest absolute Gasteiger partial charge is 0.318 e. The van der Waals surface area contributed by atoms with E-state index in [0.29, 0.717) is 40.3 Å². The van der Waals surface area contributed by atoms with E-state index < -0.39 is 0 Å². The summed E-state index contributed by atoms with van der Waals surface area (Å²) in [5, 5.41) is 4.93. The highest BCUT2D eigenvalue weighted by Crippen LogP contribution is 2.31. The van der Waals surface area contributed by atoms with Crippen molar-refractivity contribution in [3.05, 3.63) is 46.4 Å². The van der Waals surface area contributed by atoms with Crippen molar-refractivity contribution in [2.45, 2.75) is 0 Å². The van der Waals surface area contributed by atoms with Crippen LogP contribution in [0.1, 0.15) is 0 Å². The van der Waals surface area contributed by atoms with E-state index in [1.54, 1.807) is 19.2 Å². The molecule has 0 aliphatic carbocycles. The van der Waals surface area contributed by atoms with Gasteiger partial charge in [-0.1, -0.05) is 23.2 Å². The number of methoxy groups -OCH3 is 1. The molecule has 0 unspecified atom stereocenters. The Labute approximate surface area is 154 Å². The minimum absolute atomic E-state index is 0.241. The molecule has 0 amide bonds. The number of anilines is 2. The first-order valence-corrected chi connectivity index (χ1v) is 8.27. The summed E-state index contributed by atoms with van der Waals surface area (Å²) >= 11 is 12.0. The van der Waals surface area contributed by atoms with E-state index in [2.05, 4.69) is 15.3 Å². The van der Waals surface area contributed by atoms with Crippen LogP contribution in [0.5, 0.6) is 11.8 Å². The molecular weight excluding hydrogens is 363 g/mol. The van der Waals surface area contributed by atoms with Crippen molar-refractivity contribution < 1.29 is 9.47 Å². The van der Waals surface area contributed by atoms with Gasteiger partial charge in [-0.2, -0.15) is 9.97 Å². The second kappa shape index (κ2) is 7.74. The number of aromatic nitrogens is 2. The SMILES string of the molecule is COc1ccc2nc(OCCN)nc(Nc3ccc(Cl)c(Cl)c3)c2c1. The van der Waals surface area contributed by atoms with Gasteiger partial charge in [-0.3, -0.25) is 0 Å². The zero-order valence-corrected chi connectivity index (χ0v) is 14.9. The summed E-state index contributed by atoms with van der Waals surface area (Å²) in [6.07, 6.45) is 0. The molecular formula is C17H16Cl2N4O2. The van der Waals surface area contributed by atoms with Crippen molar-refractivity contribution in [1.29, 1.82) is 0 Å². The fourth-order valence-corrected chi connectivity index (χ4v) is 2.53. The first-order valence-electron chi connectivity index (χ1n) is 7.51. The molecule has 3 aromatic rings. The van der Waals surface area contributed by atoms with E-state index in [1.165, 1.54) is 0 Å². The molecule has 25 heavy (non-hydrogen) atoms. The van der Waals surface area contributed by atoms with E-state index in [9.17, 15) is 0 Å². The molecule has 1 aromatic heterocycles. The average molecular weight is 379 g/mol. The van der Waals surface area contributed by atoms with Crippen LogP contribution < -0.4 is 20.5 Å². The molecule has 0 radical (unpaired) electrons. The maximum absolute atomic E-state index is 6.08. The van der Waals surface area contributed by atoms with E-state index in [-0.39, 0.29) is 6.01 Å². The summed E-state index contributed by atoms with van der Waals surface area (Å²) in [6.45, 7) is 0.702. The van der Waals surface area contributed by atoms with Gasteiger partial charge >= 0.3 is 6.01 Å². The van der Waals surface area contributed by atoms with Crippen LogP contribution in [0.25, 0.3) is 10.9 Å². The molecule has 0 saturated heterocycles. The Morgan fingerprint density at radius 3 is 2.64 bits per heavy atom. The standard InChI is InChI=1S/C17H16Cl2N4O2/c1-24-11-3-5-15-12(9-11)16(23-17(22-15)25-7-6-20)21-10-2-4-13(18)14(19)8-10/h2-5,8-9H,6-7,20H2,1H3,(H,21,22,23). The molecule has 0 saturated carbocycles. The number of hydrogen-bond donors (Lipinski definition) is 2. The van der Waals surface area contributed by atoms with Crippen LogP contribution in [0, 0.1) is 0 Å². The summed E-state index contributed by atoms with van der Waals surface area (Å²) in [4.78, 5) is 8.82. The van der Waals surface area contributed by atoms with Crippen molar-refractivity contribution >= 4 is 45.6 Å². The lowest BCUT2D eigenvalue weighted by Crippen LogP contribution is -2.12. The van der Waals surface area contributed by atoms with Gasteiger partial charge in [-0.25, -0.2) is 0 Å². The minimum Gasteiger partial charge on any atom is -0.497 e. The summed E-state index contributed by atoms with van der Waals surface area (Å²) in [7, 11) is 1.60. The molecule has 3 rings (SSSR count). The highest BCUT2D eigenvalue weighted by atomic mass is 35.5. The van der Waals surface area contributed by atoms with E-state index in [4.69, 9.17) is 38.4 Å². The Hall–Kier alpha value is -2.28. The number of ether oxygens (including phenoxy) is 2. The Kier molecular flexibility index (Phi) is 5.43. The Morgan fingerprint density at radius 2 is 1.92 bits per heavy atom. The Bertz CT molecular complexity index is 905. The maximum atomic E-state index is 6.08. The molecule has 0 spiro atoms. The minimum atomic E-state index is 0.241. The van der Waals surface area contributed by atoms with Crippen molar-refractivity contribution in [2.24, 2.45) is 5.73 Å². The number of nitrogens with two attached hydrogens (primary N) is 1. The van der Waals surface area contributed by atoms with Crippen LogP contribution in [0.2, 0.25) is 10.0 Å². The highest BCUT2D eigenvalue weighted by Gasteiger charge is 2.11. The van der Waals surface area contributed by atoms with Gasteiger partial charge in [-0.05, 0) is 36.4 Å². The van der Waals surface area contributed by atoms with E-state index >= 15 is 0 Å². The topological polar surface area (TPSA) is 82.3 Å². The highest BCUT2D eigenvalue weighted by molar-refractivity contribution is 6.42. The second-order valence-corrected chi connectivity index (χ2v) is 5.94. The van der Waals surface area contributed by atoms with Crippen molar-refractivity contribution in [3.8, 4) is 11.8 Å². The fourth-order valence-electron chi connectivity index (χ4n) is 2.23. The molecule has 0 bridgehead atoms. The van der Waals surface area contributed by atoms with Crippen molar-refractivity contribution in [3.63, 3.8) is 0 Å². The first-order chi connectivity index (χ1) is 12.1. The summed E-state index contributed by atoms with van der Waals surface area (Å²) in [5.41, 5.74) is 6.93. The predicted octanol–water partition coefficient (Wildman–Crippen LogP) is 4.03. The number of rotatable bonds is 6. The molecule has 0 aliphatic heterocycles. The van der Waals surface area contributed by atoms with Crippen LogP contribution >= 0.6 is 23.2 Å². The molecule has 3 N–H and O–H groups in total. The van der Waals surface area contributed by atoms with Gasteiger partial charge in [0.25, 0.3) is 0 Å². The van der Waals surface area contributed by atoms with Crippen LogP contribution in [0.4, 0.5) is 11.5 Å². The molecule has 0 fully saturated rings. The third kappa shape index (κ3) is 4.04. The van der Waals surface area contributed by atoms with Gasteiger partial charge in [0, 0.05) is 17.6 Å². The summed E-state index contributed by atoms with van der Waals surface area (Å²) in [5.74, 6) is 1.26.